The Bertz CT molecular complexity index is 2120. The Kier molecular flexibility index (Phi) is 19.5. The lowest BCUT2D eigenvalue weighted by atomic mass is 9.90. The average Bonchev–Trinajstić information content (AvgIpc) is 3.23. The van der Waals surface area contributed by atoms with Gasteiger partial charge in [-0.1, -0.05) is 49.9 Å². The Morgan fingerprint density at radius 2 is 0.828 bits per heavy atom. The third kappa shape index (κ3) is 16.7. The summed E-state index contributed by atoms with van der Waals surface area (Å²) in [5.41, 5.74) is 10.1. The zero-order chi connectivity index (χ0) is 46.3. The maximum absolute atomic E-state index is 13.5. The van der Waals surface area contributed by atoms with Gasteiger partial charge in [-0.3, -0.25) is 0 Å². The zero-order valence-electron chi connectivity index (χ0n) is 38.1. The molecule has 0 amide bonds. The van der Waals surface area contributed by atoms with Crippen LogP contribution in [-0.2, 0) is 45.9 Å². The topological polar surface area (TPSA) is 156 Å². The smallest absolute Gasteiger partial charge is 0.129 e. The predicted molar refractivity (Wildman–Crippen MR) is 249 cm³/mol. The normalized spacial score (nSPS) is 17.6. The van der Waals surface area contributed by atoms with Gasteiger partial charge in [-0.15, -0.1) is 0 Å². The highest BCUT2D eigenvalue weighted by Gasteiger charge is 2.25. The second kappa shape index (κ2) is 24.5. The van der Waals surface area contributed by atoms with Gasteiger partial charge >= 0.3 is 0 Å². The van der Waals surface area contributed by atoms with Gasteiger partial charge in [-0.05, 0) is 135 Å². The SMILES string of the molecule is CC[NH+]1CCN(c2cc(-c3ccc(F)cc3)c3c(n2)CCCCCC3)CC1.CC[NH+]1CCN(c2cc(-c3ccc(F)cc3)c3c(n2)CCCCCC3)CC1.CS(=O)(=O)[O-].CS(=O)(=O)[O-]. The van der Waals surface area contributed by atoms with Crippen molar-refractivity contribution in [2.75, 3.05) is 87.8 Å². The molecular weight excluding hydrogens is 859 g/mol. The number of hydrogen-bond acceptors (Lipinski definition) is 10. The first-order valence-corrected chi connectivity index (χ1v) is 26.7. The van der Waals surface area contributed by atoms with Crippen molar-refractivity contribution in [2.24, 2.45) is 0 Å². The molecule has 2 aliphatic heterocycles. The van der Waals surface area contributed by atoms with Gasteiger partial charge in [0.1, 0.15) is 23.3 Å². The molecule has 0 atom stereocenters. The second-order valence-corrected chi connectivity index (χ2v) is 20.2. The lowest BCUT2D eigenvalue weighted by molar-refractivity contribution is -0.898. The fourth-order valence-electron chi connectivity index (χ4n) is 9.00. The van der Waals surface area contributed by atoms with Crippen molar-refractivity contribution in [3.63, 3.8) is 0 Å². The highest BCUT2D eigenvalue weighted by molar-refractivity contribution is 7.85. The maximum atomic E-state index is 13.5. The minimum absolute atomic E-state index is 0.172. The fourth-order valence-corrected chi connectivity index (χ4v) is 9.00. The summed E-state index contributed by atoms with van der Waals surface area (Å²) in [6, 6.07) is 18.5. The molecule has 352 valence electrons. The Hall–Kier alpha value is -4.06. The largest absolute Gasteiger partial charge is 0.748 e. The zero-order valence-corrected chi connectivity index (χ0v) is 39.8. The summed E-state index contributed by atoms with van der Waals surface area (Å²) < 4.78 is 81.4. The molecule has 2 aromatic heterocycles. The number of hydrogen-bond donors (Lipinski definition) is 2. The number of anilines is 2. The molecule has 2 N–H and O–H groups in total. The van der Waals surface area contributed by atoms with Crippen molar-refractivity contribution in [1.29, 1.82) is 0 Å². The van der Waals surface area contributed by atoms with E-state index in [2.05, 4.69) is 35.8 Å². The second-order valence-electron chi connectivity index (χ2n) is 17.3. The number of nitrogens with one attached hydrogen (secondary N) is 2. The highest BCUT2D eigenvalue weighted by Crippen LogP contribution is 2.35. The number of halogens is 2. The van der Waals surface area contributed by atoms with Crippen LogP contribution < -0.4 is 19.6 Å². The number of pyridine rings is 2. The lowest BCUT2D eigenvalue weighted by Crippen LogP contribution is -3.14. The molecule has 2 aliphatic carbocycles. The molecule has 64 heavy (non-hydrogen) atoms. The number of aromatic nitrogens is 2. The number of quaternary nitrogens is 2. The van der Waals surface area contributed by atoms with Crippen molar-refractivity contribution >= 4 is 31.9 Å². The first kappa shape index (κ1) is 50.9. The van der Waals surface area contributed by atoms with Crippen LogP contribution in [-0.4, -0.2) is 114 Å². The van der Waals surface area contributed by atoms with Crippen LogP contribution in [0.5, 0.6) is 0 Å². The summed E-state index contributed by atoms with van der Waals surface area (Å²) in [5, 5.41) is 0. The van der Waals surface area contributed by atoms with Crippen molar-refractivity contribution in [3.8, 4) is 22.3 Å². The molecule has 12 nitrogen and oxygen atoms in total. The van der Waals surface area contributed by atoms with Gasteiger partial charge in [0.2, 0.25) is 0 Å². The molecule has 4 aromatic rings. The summed E-state index contributed by atoms with van der Waals surface area (Å²) >= 11 is 0. The van der Waals surface area contributed by atoms with Crippen molar-refractivity contribution in [3.05, 3.63) is 94.8 Å². The minimum atomic E-state index is -3.92. The Morgan fingerprint density at radius 3 is 1.12 bits per heavy atom. The number of likely N-dealkylation sites (N-methyl/N-ethyl adjacent to an activating group) is 2. The van der Waals surface area contributed by atoms with Crippen molar-refractivity contribution in [2.45, 2.75) is 90.9 Å². The van der Waals surface area contributed by atoms with Crippen molar-refractivity contribution < 1.29 is 44.5 Å². The number of rotatable bonds is 6. The van der Waals surface area contributed by atoms with E-state index in [0.29, 0.717) is 12.5 Å². The molecule has 2 saturated heterocycles. The number of aryl methyl sites for hydroxylation is 2. The summed E-state index contributed by atoms with van der Waals surface area (Å²) in [6.07, 6.45) is 15.6. The Labute approximate surface area is 380 Å². The van der Waals surface area contributed by atoms with Crippen LogP contribution >= 0.6 is 0 Å². The van der Waals surface area contributed by atoms with Gasteiger partial charge in [0.25, 0.3) is 0 Å². The number of piperazine rings is 2. The number of benzene rings is 2. The molecule has 4 aliphatic rings. The van der Waals surface area contributed by atoms with Gasteiger partial charge in [-0.2, -0.15) is 0 Å². The molecule has 8 rings (SSSR count). The summed E-state index contributed by atoms with van der Waals surface area (Å²) in [5.74, 6) is 1.89. The number of nitrogens with zero attached hydrogens (tertiary/aromatic N) is 4. The third-order valence-corrected chi connectivity index (χ3v) is 12.5. The van der Waals surface area contributed by atoms with E-state index in [1.54, 1.807) is 34.1 Å². The predicted octanol–water partition coefficient (Wildman–Crippen LogP) is 4.87. The Morgan fingerprint density at radius 1 is 0.531 bits per heavy atom. The molecule has 0 unspecified atom stereocenters. The van der Waals surface area contributed by atoms with Crippen LogP contribution in [0.25, 0.3) is 22.3 Å². The lowest BCUT2D eigenvalue weighted by Gasteiger charge is -2.33. The van der Waals surface area contributed by atoms with E-state index in [4.69, 9.17) is 35.9 Å². The van der Waals surface area contributed by atoms with Gasteiger partial charge in [-0.25, -0.2) is 35.6 Å². The van der Waals surface area contributed by atoms with Crippen molar-refractivity contribution in [1.82, 2.24) is 9.97 Å². The van der Waals surface area contributed by atoms with Gasteiger partial charge in [0, 0.05) is 23.9 Å². The molecule has 2 aromatic carbocycles. The van der Waals surface area contributed by atoms with Crippen LogP contribution in [0.4, 0.5) is 20.4 Å². The monoisotopic (exact) mass is 926 g/mol. The third-order valence-electron chi connectivity index (χ3n) is 12.5. The summed E-state index contributed by atoms with van der Waals surface area (Å²) in [6.45, 7) is 15.9. The molecular formula is C48H68F2N6O6S2. The summed E-state index contributed by atoms with van der Waals surface area (Å²) in [7, 11) is -7.83. The average molecular weight is 927 g/mol. The van der Waals surface area contributed by atoms with E-state index in [-0.39, 0.29) is 11.6 Å². The quantitative estimate of drug-likeness (QED) is 0.256. The van der Waals surface area contributed by atoms with E-state index in [0.717, 1.165) is 74.6 Å². The van der Waals surface area contributed by atoms with Crippen LogP contribution in [0, 0.1) is 11.6 Å². The van der Waals surface area contributed by atoms with Crippen LogP contribution in [0.1, 0.15) is 87.7 Å². The van der Waals surface area contributed by atoms with Crippen LogP contribution in [0.15, 0.2) is 60.7 Å². The fraction of sp³-hybridized carbons (Fsp3) is 0.542. The molecule has 4 heterocycles. The summed E-state index contributed by atoms with van der Waals surface area (Å²) in [4.78, 5) is 18.5. The standard InChI is InChI=1S/2C23H30FN3.2CH4O3S/c2*1-2-26-13-15-27(16-14-26)23-17-21(18-9-11-19(24)12-10-18)20-7-5-3-4-6-8-22(20)25-23;2*1-5(2,3)4/h2*9-12,17H,2-8,13-16H2,1H3;2*1H3,(H,2,3,4). The van der Waals surface area contributed by atoms with E-state index < -0.39 is 20.2 Å². The van der Waals surface area contributed by atoms with E-state index in [1.807, 2.05) is 24.3 Å². The molecule has 16 heteroatoms. The van der Waals surface area contributed by atoms with E-state index >= 15 is 0 Å². The Balaban J connectivity index is 0.000000199. The minimum Gasteiger partial charge on any atom is -0.748 e. The molecule has 0 spiro atoms. The van der Waals surface area contributed by atoms with Gasteiger partial charge in [0.05, 0.1) is 85.7 Å². The van der Waals surface area contributed by atoms with Crippen LogP contribution in [0.3, 0.4) is 0 Å². The molecule has 0 bridgehead atoms. The van der Waals surface area contributed by atoms with Crippen LogP contribution in [0.2, 0.25) is 0 Å². The van der Waals surface area contributed by atoms with Gasteiger partial charge in [0.15, 0.2) is 0 Å². The van der Waals surface area contributed by atoms with E-state index in [1.165, 1.54) is 124 Å². The molecule has 0 saturated carbocycles. The first-order chi connectivity index (χ1) is 30.5. The molecule has 0 radical (unpaired) electrons. The number of fused-ring (bicyclic) bond motifs is 2. The van der Waals surface area contributed by atoms with E-state index in [9.17, 15) is 8.78 Å². The highest BCUT2D eigenvalue weighted by atomic mass is 32.2. The first-order valence-electron chi connectivity index (χ1n) is 23.0. The molecule has 2 fully saturated rings. The van der Waals surface area contributed by atoms with Gasteiger partial charge < -0.3 is 28.7 Å². The maximum Gasteiger partial charge on any atom is 0.129 e.